The molecule has 0 radical (unpaired) electrons. The summed E-state index contributed by atoms with van der Waals surface area (Å²) in [5, 5.41) is 0. The molecular weight excluding hydrogens is 537 g/mol. The molecule has 1 aliphatic heterocycles. The number of hydrogen-bond donors (Lipinski definition) is 1. The third-order valence-electron chi connectivity index (χ3n) is 8.56. The average molecular weight is 575 g/mol. The summed E-state index contributed by atoms with van der Waals surface area (Å²) in [5.41, 5.74) is 10.8. The monoisotopic (exact) mass is 574 g/mol. The van der Waals surface area contributed by atoms with Gasteiger partial charge in [-0.15, -0.1) is 0 Å². The molecule has 1 atom stereocenters. The fourth-order valence-corrected chi connectivity index (χ4v) is 6.26. The van der Waals surface area contributed by atoms with E-state index >= 15 is 0 Å². The van der Waals surface area contributed by atoms with Crippen molar-refractivity contribution in [3.8, 4) is 0 Å². The molecule has 2 N–H and O–H groups in total. The third kappa shape index (κ3) is 5.86. The van der Waals surface area contributed by atoms with E-state index in [1.165, 1.54) is 4.90 Å². The summed E-state index contributed by atoms with van der Waals surface area (Å²) in [6.07, 6.45) is -0.741. The molecule has 1 fully saturated rings. The van der Waals surface area contributed by atoms with Crippen LogP contribution in [-0.4, -0.2) is 45.7 Å². The van der Waals surface area contributed by atoms with Crippen LogP contribution in [-0.2, 0) is 16.8 Å². The molecule has 0 spiro atoms. The van der Waals surface area contributed by atoms with Gasteiger partial charge in [0.1, 0.15) is 5.54 Å². The van der Waals surface area contributed by atoms with Gasteiger partial charge in [-0.2, -0.15) is 13.2 Å². The van der Waals surface area contributed by atoms with E-state index in [1.54, 1.807) is 0 Å². The van der Waals surface area contributed by atoms with Crippen LogP contribution in [0.25, 0.3) is 0 Å². The Labute approximate surface area is 245 Å². The molecule has 2 heterocycles. The van der Waals surface area contributed by atoms with Crippen LogP contribution < -0.4 is 5.73 Å². The van der Waals surface area contributed by atoms with Crippen molar-refractivity contribution < 1.29 is 18.0 Å². The molecule has 0 bridgehead atoms. The molecule has 1 aliphatic rings. The standard InChI is InChI=1S/C34H37F3N4O/c1-25-31(19-11-18-30(38)32(42)40-22-20-29(21-23-40)34(35,36)37)39-24-41(25)33(26-12-5-2-6-13-26,27-14-7-3-8-15-27)28-16-9-4-10-17-28/h2-10,12-17,24,29-30H,11,18-23,38H2,1H3. The summed E-state index contributed by atoms with van der Waals surface area (Å²) in [6, 6.07) is 30.4. The largest absolute Gasteiger partial charge is 0.391 e. The molecule has 0 aliphatic carbocycles. The molecule has 5 rings (SSSR count). The minimum Gasteiger partial charge on any atom is -0.341 e. The number of carbonyl (C=O) groups is 1. The first-order chi connectivity index (χ1) is 20.2. The lowest BCUT2D eigenvalue weighted by Gasteiger charge is -2.38. The van der Waals surface area contributed by atoms with Gasteiger partial charge in [-0.05, 0) is 55.7 Å². The quantitative estimate of drug-likeness (QED) is 0.233. The molecule has 0 saturated carbocycles. The number of likely N-dealkylation sites (tertiary alicyclic amines) is 1. The minimum absolute atomic E-state index is 0.0649. The highest BCUT2D eigenvalue weighted by molar-refractivity contribution is 5.81. The van der Waals surface area contributed by atoms with Crippen LogP contribution in [0.2, 0.25) is 0 Å². The van der Waals surface area contributed by atoms with E-state index in [0.29, 0.717) is 19.3 Å². The van der Waals surface area contributed by atoms with Crippen molar-refractivity contribution in [2.24, 2.45) is 11.7 Å². The van der Waals surface area contributed by atoms with Crippen LogP contribution in [0.15, 0.2) is 97.3 Å². The first-order valence-corrected chi connectivity index (χ1v) is 14.5. The number of halogens is 3. The smallest absolute Gasteiger partial charge is 0.341 e. The van der Waals surface area contributed by atoms with Crippen molar-refractivity contribution in [3.63, 3.8) is 0 Å². The molecule has 1 amide bonds. The fourth-order valence-electron chi connectivity index (χ4n) is 6.26. The first-order valence-electron chi connectivity index (χ1n) is 14.5. The molecule has 1 unspecified atom stereocenters. The number of benzene rings is 3. The van der Waals surface area contributed by atoms with Gasteiger partial charge in [-0.3, -0.25) is 4.79 Å². The second kappa shape index (κ2) is 12.5. The Kier molecular flexibility index (Phi) is 8.82. The van der Waals surface area contributed by atoms with Gasteiger partial charge >= 0.3 is 6.18 Å². The Hall–Kier alpha value is -3.91. The number of rotatable bonds is 9. The number of alkyl halides is 3. The maximum Gasteiger partial charge on any atom is 0.391 e. The van der Waals surface area contributed by atoms with Gasteiger partial charge in [0.15, 0.2) is 0 Å². The van der Waals surface area contributed by atoms with E-state index in [1.807, 2.05) is 60.9 Å². The Morgan fingerprint density at radius 3 is 1.81 bits per heavy atom. The number of piperidine rings is 1. The average Bonchev–Trinajstić information content (AvgIpc) is 3.38. The number of aromatic nitrogens is 2. The van der Waals surface area contributed by atoms with Crippen LogP contribution in [0, 0.1) is 12.8 Å². The lowest BCUT2D eigenvalue weighted by molar-refractivity contribution is -0.186. The Morgan fingerprint density at radius 2 is 1.36 bits per heavy atom. The maximum atomic E-state index is 13.0. The summed E-state index contributed by atoms with van der Waals surface area (Å²) in [7, 11) is 0. The normalized spacial score (nSPS) is 15.5. The van der Waals surface area contributed by atoms with E-state index in [4.69, 9.17) is 10.7 Å². The highest BCUT2D eigenvalue weighted by Crippen LogP contribution is 2.42. The fraction of sp³-hybridized carbons (Fsp3) is 0.353. The maximum absolute atomic E-state index is 13.0. The van der Waals surface area contributed by atoms with E-state index < -0.39 is 23.7 Å². The summed E-state index contributed by atoms with van der Waals surface area (Å²) < 4.78 is 41.3. The zero-order valence-electron chi connectivity index (χ0n) is 23.8. The molecular formula is C34H37F3N4O. The van der Waals surface area contributed by atoms with E-state index in [0.717, 1.165) is 28.1 Å². The molecule has 5 nitrogen and oxygen atoms in total. The Morgan fingerprint density at radius 1 is 0.881 bits per heavy atom. The van der Waals surface area contributed by atoms with Gasteiger partial charge in [-0.1, -0.05) is 91.0 Å². The zero-order valence-corrected chi connectivity index (χ0v) is 23.8. The van der Waals surface area contributed by atoms with Crippen molar-refractivity contribution >= 4 is 5.91 Å². The predicted octanol–water partition coefficient (Wildman–Crippen LogP) is 6.48. The third-order valence-corrected chi connectivity index (χ3v) is 8.56. The van der Waals surface area contributed by atoms with E-state index in [9.17, 15) is 18.0 Å². The summed E-state index contributed by atoms with van der Waals surface area (Å²) in [4.78, 5) is 19.2. The van der Waals surface area contributed by atoms with Gasteiger partial charge in [0.05, 0.1) is 24.0 Å². The first kappa shape index (κ1) is 29.6. The summed E-state index contributed by atoms with van der Waals surface area (Å²) in [5.74, 6) is -1.61. The topological polar surface area (TPSA) is 64.2 Å². The number of hydrogen-bond acceptors (Lipinski definition) is 3. The highest BCUT2D eigenvalue weighted by Gasteiger charge is 2.42. The SMILES string of the molecule is Cc1c(CCCC(N)C(=O)N2CCC(C(F)(F)F)CC2)ncn1C(c1ccccc1)(c1ccccc1)c1ccccc1. The summed E-state index contributed by atoms with van der Waals surface area (Å²) >= 11 is 0. The van der Waals surface area contributed by atoms with Crippen LogP contribution in [0.4, 0.5) is 13.2 Å². The Bertz CT molecular complexity index is 1350. The van der Waals surface area contributed by atoms with Crippen molar-refractivity contribution in [3.05, 3.63) is 125 Å². The second-order valence-electron chi connectivity index (χ2n) is 11.1. The van der Waals surface area contributed by atoms with Crippen molar-refractivity contribution in [1.29, 1.82) is 0 Å². The van der Waals surface area contributed by atoms with Gasteiger partial charge in [-0.25, -0.2) is 4.98 Å². The predicted molar refractivity (Wildman–Crippen MR) is 158 cm³/mol. The lowest BCUT2D eigenvalue weighted by atomic mass is 9.76. The molecule has 4 aromatic rings. The number of imidazole rings is 1. The lowest BCUT2D eigenvalue weighted by Crippen LogP contribution is -2.48. The molecule has 42 heavy (non-hydrogen) atoms. The molecule has 1 saturated heterocycles. The minimum atomic E-state index is -4.21. The van der Waals surface area contributed by atoms with Crippen LogP contribution in [0.3, 0.4) is 0 Å². The zero-order chi connectivity index (χ0) is 29.7. The molecule has 1 aromatic heterocycles. The Balaban J connectivity index is 1.36. The van der Waals surface area contributed by atoms with Gasteiger partial charge in [0.25, 0.3) is 0 Å². The van der Waals surface area contributed by atoms with E-state index in [2.05, 4.69) is 47.9 Å². The van der Waals surface area contributed by atoms with Crippen molar-refractivity contribution in [1.82, 2.24) is 14.5 Å². The number of aryl methyl sites for hydroxylation is 1. The number of nitrogens with two attached hydrogens (primary N) is 1. The second-order valence-corrected chi connectivity index (χ2v) is 11.1. The molecule has 8 heteroatoms. The van der Waals surface area contributed by atoms with E-state index in [-0.39, 0.29) is 31.8 Å². The number of amides is 1. The van der Waals surface area contributed by atoms with Crippen molar-refractivity contribution in [2.45, 2.75) is 56.8 Å². The number of carbonyl (C=O) groups excluding carboxylic acids is 1. The highest BCUT2D eigenvalue weighted by atomic mass is 19.4. The molecule has 3 aromatic carbocycles. The van der Waals surface area contributed by atoms with Gasteiger partial charge in [0, 0.05) is 18.8 Å². The van der Waals surface area contributed by atoms with Crippen molar-refractivity contribution in [2.75, 3.05) is 13.1 Å². The van der Waals surface area contributed by atoms with Gasteiger partial charge < -0.3 is 15.2 Å². The van der Waals surface area contributed by atoms with Crippen LogP contribution in [0.1, 0.15) is 53.8 Å². The molecule has 220 valence electrons. The van der Waals surface area contributed by atoms with Crippen LogP contribution >= 0.6 is 0 Å². The van der Waals surface area contributed by atoms with Gasteiger partial charge in [0.2, 0.25) is 5.91 Å². The summed E-state index contributed by atoms with van der Waals surface area (Å²) in [6.45, 7) is 2.27. The number of nitrogens with zero attached hydrogens (tertiary/aromatic N) is 3. The van der Waals surface area contributed by atoms with Crippen LogP contribution in [0.5, 0.6) is 0 Å².